The fourth-order valence-corrected chi connectivity index (χ4v) is 1.97. The molecule has 0 radical (unpaired) electrons. The lowest BCUT2D eigenvalue weighted by atomic mass is 10.0. The lowest BCUT2D eigenvalue weighted by Crippen LogP contribution is -1.99. The van der Waals surface area contributed by atoms with Gasteiger partial charge in [-0.1, -0.05) is 23.7 Å². The van der Waals surface area contributed by atoms with Crippen LogP contribution in [0.4, 0.5) is 0 Å². The van der Waals surface area contributed by atoms with Gasteiger partial charge in [0.25, 0.3) is 0 Å². The molecule has 13 heavy (non-hydrogen) atoms. The van der Waals surface area contributed by atoms with Gasteiger partial charge in [0.05, 0.1) is 0 Å². The molecule has 0 atom stereocenters. The van der Waals surface area contributed by atoms with Gasteiger partial charge in [-0.15, -0.1) is 0 Å². The molecule has 2 N–H and O–H groups in total. The van der Waals surface area contributed by atoms with Crippen molar-refractivity contribution in [1.29, 1.82) is 0 Å². The number of nitrogens with two attached hydrogens (primary N) is 1. The molecule has 0 fully saturated rings. The molecular formula is C11H12ClN. The smallest absolute Gasteiger partial charge is 0.0409 e. The normalized spacial score (nSPS) is 14.2. The first-order valence-corrected chi connectivity index (χ1v) is 4.87. The van der Waals surface area contributed by atoms with Crippen molar-refractivity contribution in [1.82, 2.24) is 0 Å². The predicted molar refractivity (Wildman–Crippen MR) is 56.8 cm³/mol. The third kappa shape index (κ3) is 1.62. The van der Waals surface area contributed by atoms with Crippen LogP contribution >= 0.6 is 11.6 Å². The Morgan fingerprint density at radius 3 is 3.00 bits per heavy atom. The minimum Gasteiger partial charge on any atom is -0.330 e. The third-order valence-corrected chi connectivity index (χ3v) is 2.63. The molecule has 0 saturated carbocycles. The fraction of sp³-hybridized carbons (Fsp3) is 0.273. The summed E-state index contributed by atoms with van der Waals surface area (Å²) in [5.74, 6) is 0. The molecule has 0 unspecified atom stereocenters. The average Bonchev–Trinajstić information content (AvgIpc) is 2.49. The van der Waals surface area contributed by atoms with Crippen molar-refractivity contribution in [2.45, 2.75) is 12.8 Å². The molecule has 1 nitrogen and oxygen atoms in total. The van der Waals surface area contributed by atoms with Gasteiger partial charge in [-0.2, -0.15) is 0 Å². The molecule has 1 aliphatic rings. The summed E-state index contributed by atoms with van der Waals surface area (Å²) in [7, 11) is 0. The third-order valence-electron chi connectivity index (χ3n) is 2.40. The summed E-state index contributed by atoms with van der Waals surface area (Å²) in [6.45, 7) is 0.716. The number of rotatable bonds is 2. The topological polar surface area (TPSA) is 26.0 Å². The number of benzene rings is 1. The van der Waals surface area contributed by atoms with E-state index < -0.39 is 0 Å². The van der Waals surface area contributed by atoms with E-state index in [0.29, 0.717) is 6.54 Å². The Bertz CT molecular complexity index is 355. The number of fused-ring (bicyclic) bond motifs is 1. The van der Waals surface area contributed by atoms with Crippen LogP contribution in [0.25, 0.3) is 5.57 Å². The number of hydrogen-bond donors (Lipinski definition) is 1. The lowest BCUT2D eigenvalue weighted by molar-refractivity contribution is 1.02. The van der Waals surface area contributed by atoms with Crippen molar-refractivity contribution in [2.75, 3.05) is 6.54 Å². The highest BCUT2D eigenvalue weighted by atomic mass is 35.5. The van der Waals surface area contributed by atoms with Gasteiger partial charge in [0.15, 0.2) is 0 Å². The van der Waals surface area contributed by atoms with Gasteiger partial charge in [-0.05, 0) is 48.2 Å². The summed E-state index contributed by atoms with van der Waals surface area (Å²) >= 11 is 5.90. The van der Waals surface area contributed by atoms with E-state index in [4.69, 9.17) is 17.3 Å². The Labute approximate surface area is 83.2 Å². The molecule has 0 bridgehead atoms. The van der Waals surface area contributed by atoms with E-state index in [1.54, 1.807) is 0 Å². The predicted octanol–water partition coefficient (Wildman–Crippen LogP) is 2.63. The van der Waals surface area contributed by atoms with Crippen LogP contribution in [0.2, 0.25) is 5.02 Å². The molecule has 68 valence electrons. The van der Waals surface area contributed by atoms with Crippen LogP contribution in [0.3, 0.4) is 0 Å². The van der Waals surface area contributed by atoms with Gasteiger partial charge >= 0.3 is 0 Å². The second kappa shape index (κ2) is 3.52. The van der Waals surface area contributed by atoms with Crippen LogP contribution in [0.1, 0.15) is 17.5 Å². The average molecular weight is 194 g/mol. The number of halogens is 1. The van der Waals surface area contributed by atoms with Crippen molar-refractivity contribution < 1.29 is 0 Å². The highest BCUT2D eigenvalue weighted by Gasteiger charge is 2.12. The summed E-state index contributed by atoms with van der Waals surface area (Å²) in [6, 6.07) is 6.07. The van der Waals surface area contributed by atoms with E-state index in [1.807, 2.05) is 12.1 Å². The quantitative estimate of drug-likeness (QED) is 0.768. The van der Waals surface area contributed by atoms with Gasteiger partial charge in [0, 0.05) is 5.02 Å². The first-order chi connectivity index (χ1) is 6.31. The highest BCUT2D eigenvalue weighted by Crippen LogP contribution is 2.31. The first-order valence-electron chi connectivity index (χ1n) is 4.49. The van der Waals surface area contributed by atoms with E-state index in [1.165, 1.54) is 16.7 Å². The SMILES string of the molecule is NCCC1=CCc2cc(Cl)ccc21. The molecule has 2 rings (SSSR count). The monoisotopic (exact) mass is 193 g/mol. The summed E-state index contributed by atoms with van der Waals surface area (Å²) < 4.78 is 0. The summed E-state index contributed by atoms with van der Waals surface area (Å²) in [4.78, 5) is 0. The van der Waals surface area contributed by atoms with Crippen molar-refractivity contribution in [3.05, 3.63) is 40.4 Å². The Morgan fingerprint density at radius 1 is 1.38 bits per heavy atom. The highest BCUT2D eigenvalue weighted by molar-refractivity contribution is 6.30. The van der Waals surface area contributed by atoms with Gasteiger partial charge in [0.2, 0.25) is 0 Å². The molecule has 1 aliphatic carbocycles. The summed E-state index contributed by atoms with van der Waals surface area (Å²) in [5.41, 5.74) is 9.56. The molecule has 0 amide bonds. The molecule has 0 aliphatic heterocycles. The summed E-state index contributed by atoms with van der Waals surface area (Å²) in [6.07, 6.45) is 4.22. The Morgan fingerprint density at radius 2 is 2.23 bits per heavy atom. The fourth-order valence-electron chi connectivity index (χ4n) is 1.78. The van der Waals surface area contributed by atoms with Crippen LogP contribution in [0.5, 0.6) is 0 Å². The number of hydrogen-bond acceptors (Lipinski definition) is 1. The molecule has 0 spiro atoms. The van der Waals surface area contributed by atoms with Crippen molar-refractivity contribution in [2.24, 2.45) is 5.73 Å². The summed E-state index contributed by atoms with van der Waals surface area (Å²) in [5, 5.41) is 0.821. The standard InChI is InChI=1S/C11H12ClN/c12-10-3-4-11-8(5-6-13)1-2-9(11)7-10/h1,3-4,7H,2,5-6,13H2. The van der Waals surface area contributed by atoms with E-state index >= 15 is 0 Å². The largest absolute Gasteiger partial charge is 0.330 e. The molecular weight excluding hydrogens is 182 g/mol. The molecule has 0 saturated heterocycles. The maximum atomic E-state index is 5.90. The zero-order valence-electron chi connectivity index (χ0n) is 7.39. The second-order valence-electron chi connectivity index (χ2n) is 3.27. The second-order valence-corrected chi connectivity index (χ2v) is 3.71. The van der Waals surface area contributed by atoms with Gasteiger partial charge in [-0.3, -0.25) is 0 Å². The van der Waals surface area contributed by atoms with Gasteiger partial charge < -0.3 is 5.73 Å². The van der Waals surface area contributed by atoms with Crippen LogP contribution in [0, 0.1) is 0 Å². The molecule has 0 heterocycles. The van der Waals surface area contributed by atoms with Crippen molar-refractivity contribution >= 4 is 17.2 Å². The molecule has 0 aromatic heterocycles. The molecule has 1 aromatic rings. The zero-order chi connectivity index (χ0) is 9.26. The van der Waals surface area contributed by atoms with E-state index in [9.17, 15) is 0 Å². The van der Waals surface area contributed by atoms with E-state index in [0.717, 1.165) is 17.9 Å². The van der Waals surface area contributed by atoms with Crippen LogP contribution < -0.4 is 5.73 Å². The molecule has 1 aromatic carbocycles. The Balaban J connectivity index is 2.34. The Hall–Kier alpha value is -0.790. The van der Waals surface area contributed by atoms with Crippen molar-refractivity contribution in [3.63, 3.8) is 0 Å². The zero-order valence-corrected chi connectivity index (χ0v) is 8.14. The van der Waals surface area contributed by atoms with Crippen LogP contribution in [0.15, 0.2) is 24.3 Å². The Kier molecular flexibility index (Phi) is 2.38. The first kappa shape index (κ1) is 8.79. The van der Waals surface area contributed by atoms with E-state index in [-0.39, 0.29) is 0 Å². The lowest BCUT2D eigenvalue weighted by Gasteiger charge is -2.04. The minimum atomic E-state index is 0.716. The van der Waals surface area contributed by atoms with Crippen molar-refractivity contribution in [3.8, 4) is 0 Å². The van der Waals surface area contributed by atoms with Crippen LogP contribution in [-0.2, 0) is 6.42 Å². The maximum Gasteiger partial charge on any atom is 0.0409 e. The minimum absolute atomic E-state index is 0.716. The van der Waals surface area contributed by atoms with Gasteiger partial charge in [-0.25, -0.2) is 0 Å². The van der Waals surface area contributed by atoms with Gasteiger partial charge in [0.1, 0.15) is 0 Å². The maximum absolute atomic E-state index is 5.90. The molecule has 2 heteroatoms. The van der Waals surface area contributed by atoms with E-state index in [2.05, 4.69) is 12.1 Å². The van der Waals surface area contributed by atoms with Crippen LogP contribution in [-0.4, -0.2) is 6.54 Å². The number of allylic oxidation sites excluding steroid dienone is 1.